The molecule has 0 aromatic carbocycles. The Morgan fingerprint density at radius 2 is 2.33 bits per heavy atom. The van der Waals surface area contributed by atoms with Gasteiger partial charge in [-0.1, -0.05) is 6.07 Å². The van der Waals surface area contributed by atoms with Gasteiger partial charge in [0.1, 0.15) is 18.0 Å². The molecule has 6 nitrogen and oxygen atoms in total. The van der Waals surface area contributed by atoms with Gasteiger partial charge in [0.15, 0.2) is 0 Å². The average Bonchev–Trinajstić information content (AvgIpc) is 3.08. The number of carbonyl (C=O) groups excluding carboxylic acids is 1. The molecule has 1 fully saturated rings. The minimum absolute atomic E-state index is 0.0981. The second-order valence-corrected chi connectivity index (χ2v) is 7.27. The van der Waals surface area contributed by atoms with Crippen molar-refractivity contribution in [3.05, 3.63) is 34.8 Å². The van der Waals surface area contributed by atoms with Crippen LogP contribution in [0.5, 0.6) is 0 Å². The predicted octanol–water partition coefficient (Wildman–Crippen LogP) is 1.93. The number of thiophene rings is 1. The zero-order chi connectivity index (χ0) is 16.9. The van der Waals surface area contributed by atoms with Gasteiger partial charge >= 0.3 is 0 Å². The molecule has 7 heteroatoms. The highest BCUT2D eigenvalue weighted by Gasteiger charge is 2.23. The van der Waals surface area contributed by atoms with Crippen LogP contribution in [0.15, 0.2) is 29.9 Å². The van der Waals surface area contributed by atoms with E-state index in [9.17, 15) is 4.79 Å². The predicted molar refractivity (Wildman–Crippen MR) is 97.8 cm³/mol. The number of aromatic nitrogens is 2. The Labute approximate surface area is 146 Å². The highest BCUT2D eigenvalue weighted by atomic mass is 32.1. The van der Waals surface area contributed by atoms with Gasteiger partial charge in [-0.05, 0) is 24.3 Å². The number of rotatable bonds is 5. The van der Waals surface area contributed by atoms with E-state index in [2.05, 4.69) is 20.2 Å². The molecule has 0 radical (unpaired) electrons. The van der Waals surface area contributed by atoms with Gasteiger partial charge in [0, 0.05) is 44.2 Å². The number of amides is 1. The second-order valence-electron chi connectivity index (χ2n) is 6.24. The summed E-state index contributed by atoms with van der Waals surface area (Å²) in [6.07, 6.45) is 4.12. The molecule has 1 aliphatic heterocycles. The Morgan fingerprint density at radius 1 is 1.46 bits per heavy atom. The summed E-state index contributed by atoms with van der Waals surface area (Å²) in [5, 5.41) is 5.17. The Kier molecular flexibility index (Phi) is 5.30. The first-order valence-electron chi connectivity index (χ1n) is 8.18. The summed E-state index contributed by atoms with van der Waals surface area (Å²) in [6, 6.07) is 6.15. The van der Waals surface area contributed by atoms with Gasteiger partial charge in [-0.2, -0.15) is 0 Å². The minimum Gasteiger partial charge on any atom is -0.363 e. The van der Waals surface area contributed by atoms with Gasteiger partial charge in [0.05, 0.1) is 6.42 Å². The molecule has 0 aliphatic carbocycles. The van der Waals surface area contributed by atoms with Crippen LogP contribution in [-0.2, 0) is 11.2 Å². The molecule has 0 saturated carbocycles. The number of nitrogens with one attached hydrogen (secondary N) is 1. The molecule has 1 aliphatic rings. The van der Waals surface area contributed by atoms with Gasteiger partial charge in [-0.3, -0.25) is 4.79 Å². The molecule has 0 unspecified atom stereocenters. The van der Waals surface area contributed by atoms with E-state index < -0.39 is 0 Å². The fraction of sp³-hybridized carbons (Fsp3) is 0.471. The number of piperidine rings is 1. The maximum absolute atomic E-state index is 12.2. The number of hydrogen-bond donors (Lipinski definition) is 1. The number of hydrogen-bond acceptors (Lipinski definition) is 6. The third-order valence-electron chi connectivity index (χ3n) is 4.12. The molecular formula is C17H23N5OS. The molecule has 1 atom stereocenters. The van der Waals surface area contributed by atoms with Crippen LogP contribution in [0.25, 0.3) is 0 Å². The van der Waals surface area contributed by atoms with Crippen molar-refractivity contribution in [3.8, 4) is 0 Å². The van der Waals surface area contributed by atoms with E-state index in [0.717, 1.165) is 42.4 Å². The van der Waals surface area contributed by atoms with E-state index in [1.807, 2.05) is 42.6 Å². The molecule has 3 heterocycles. The van der Waals surface area contributed by atoms with Gasteiger partial charge in [-0.25, -0.2) is 9.97 Å². The van der Waals surface area contributed by atoms with E-state index in [1.165, 1.54) is 0 Å². The molecule has 128 valence electrons. The Morgan fingerprint density at radius 3 is 3.08 bits per heavy atom. The maximum atomic E-state index is 12.2. The maximum Gasteiger partial charge on any atom is 0.225 e. The van der Waals surface area contributed by atoms with Crippen molar-refractivity contribution in [1.29, 1.82) is 0 Å². The summed E-state index contributed by atoms with van der Waals surface area (Å²) in [4.78, 5) is 26.2. The fourth-order valence-electron chi connectivity index (χ4n) is 2.91. The second kappa shape index (κ2) is 7.61. The van der Waals surface area contributed by atoms with Gasteiger partial charge in [0.25, 0.3) is 0 Å². The summed E-state index contributed by atoms with van der Waals surface area (Å²) >= 11 is 1.62. The van der Waals surface area contributed by atoms with Crippen molar-refractivity contribution in [2.24, 2.45) is 0 Å². The molecular weight excluding hydrogens is 322 g/mol. The zero-order valence-electron chi connectivity index (χ0n) is 14.1. The molecule has 2 aromatic rings. The molecule has 0 spiro atoms. The fourth-order valence-corrected chi connectivity index (χ4v) is 3.61. The summed E-state index contributed by atoms with van der Waals surface area (Å²) in [5.74, 6) is 1.91. The van der Waals surface area contributed by atoms with Crippen molar-refractivity contribution < 1.29 is 4.79 Å². The van der Waals surface area contributed by atoms with Crippen LogP contribution in [-0.4, -0.2) is 49.1 Å². The van der Waals surface area contributed by atoms with Crippen molar-refractivity contribution >= 4 is 28.9 Å². The number of carbonyl (C=O) groups is 1. The molecule has 1 amide bonds. The smallest absolute Gasteiger partial charge is 0.225 e. The first-order chi connectivity index (χ1) is 11.6. The molecule has 0 bridgehead atoms. The summed E-state index contributed by atoms with van der Waals surface area (Å²) in [7, 11) is 3.94. The Hall–Kier alpha value is -2.15. The molecule has 3 rings (SSSR count). The van der Waals surface area contributed by atoms with E-state index in [1.54, 1.807) is 17.7 Å². The van der Waals surface area contributed by atoms with E-state index in [0.29, 0.717) is 6.42 Å². The van der Waals surface area contributed by atoms with Crippen molar-refractivity contribution in [3.63, 3.8) is 0 Å². The topological polar surface area (TPSA) is 61.4 Å². The standard InChI is InChI=1S/C17H23N5OS/c1-21(2)15-10-16(19-12-18-15)22-7-3-5-13(11-22)20-17(23)9-14-6-4-8-24-14/h4,6,8,10,12-13H,3,5,7,9,11H2,1-2H3,(H,20,23)/t13-/m1/s1. The monoisotopic (exact) mass is 345 g/mol. The van der Waals surface area contributed by atoms with Crippen LogP contribution >= 0.6 is 11.3 Å². The van der Waals surface area contributed by atoms with Crippen LogP contribution in [0.3, 0.4) is 0 Å². The number of anilines is 2. The van der Waals surface area contributed by atoms with E-state index in [4.69, 9.17) is 0 Å². The van der Waals surface area contributed by atoms with Crippen molar-refractivity contribution in [1.82, 2.24) is 15.3 Å². The molecule has 1 saturated heterocycles. The van der Waals surface area contributed by atoms with E-state index >= 15 is 0 Å². The summed E-state index contributed by atoms with van der Waals surface area (Å²) < 4.78 is 0. The lowest BCUT2D eigenvalue weighted by Crippen LogP contribution is -2.48. The number of nitrogens with zero attached hydrogens (tertiary/aromatic N) is 4. The first kappa shape index (κ1) is 16.7. The van der Waals surface area contributed by atoms with Gasteiger partial charge in [0.2, 0.25) is 5.91 Å². The quantitative estimate of drug-likeness (QED) is 0.897. The highest BCUT2D eigenvalue weighted by Crippen LogP contribution is 2.20. The SMILES string of the molecule is CN(C)c1cc(N2CCC[C@@H](NC(=O)Cc3cccs3)C2)ncn1. The lowest BCUT2D eigenvalue weighted by molar-refractivity contribution is -0.121. The van der Waals surface area contributed by atoms with Crippen molar-refractivity contribution in [2.75, 3.05) is 37.0 Å². The van der Waals surface area contributed by atoms with Crippen LogP contribution in [0.2, 0.25) is 0 Å². The molecule has 2 aromatic heterocycles. The molecule has 24 heavy (non-hydrogen) atoms. The largest absolute Gasteiger partial charge is 0.363 e. The van der Waals surface area contributed by atoms with Gasteiger partial charge < -0.3 is 15.1 Å². The van der Waals surface area contributed by atoms with Crippen molar-refractivity contribution in [2.45, 2.75) is 25.3 Å². The normalized spacial score (nSPS) is 17.6. The van der Waals surface area contributed by atoms with Crippen LogP contribution in [0.4, 0.5) is 11.6 Å². The van der Waals surface area contributed by atoms with Crippen LogP contribution in [0, 0.1) is 0 Å². The van der Waals surface area contributed by atoms with E-state index in [-0.39, 0.29) is 11.9 Å². The first-order valence-corrected chi connectivity index (χ1v) is 9.06. The third kappa shape index (κ3) is 4.23. The lowest BCUT2D eigenvalue weighted by atomic mass is 10.1. The minimum atomic E-state index is 0.0981. The average molecular weight is 345 g/mol. The van der Waals surface area contributed by atoms with Crippen LogP contribution < -0.4 is 15.1 Å². The molecule has 1 N–H and O–H groups in total. The Bertz CT molecular complexity index is 673. The van der Waals surface area contributed by atoms with Crippen LogP contribution in [0.1, 0.15) is 17.7 Å². The lowest BCUT2D eigenvalue weighted by Gasteiger charge is -2.34. The Balaban J connectivity index is 1.60. The summed E-state index contributed by atoms with van der Waals surface area (Å²) in [6.45, 7) is 1.75. The highest BCUT2D eigenvalue weighted by molar-refractivity contribution is 7.10. The van der Waals surface area contributed by atoms with Gasteiger partial charge in [-0.15, -0.1) is 11.3 Å². The summed E-state index contributed by atoms with van der Waals surface area (Å²) in [5.41, 5.74) is 0. The third-order valence-corrected chi connectivity index (χ3v) is 5.00. The zero-order valence-corrected chi connectivity index (χ0v) is 14.9.